The first-order valence-corrected chi connectivity index (χ1v) is 8.28. The number of rotatable bonds is 4. The normalized spacial score (nSPS) is 13.3. The average molecular weight is 309 g/mol. The molecule has 2 aromatic carbocycles. The van der Waals surface area contributed by atoms with Gasteiger partial charge in [-0.2, -0.15) is 0 Å². The predicted octanol–water partition coefficient (Wildman–Crippen LogP) is 3.12. The minimum Gasteiger partial charge on any atom is -0.489 e. The summed E-state index contributed by atoms with van der Waals surface area (Å²) in [5, 5.41) is 0. The topological polar surface area (TPSA) is 38.3 Å². The second-order valence-electron chi connectivity index (χ2n) is 6.33. The fourth-order valence-corrected chi connectivity index (χ4v) is 3.19. The van der Waals surface area contributed by atoms with E-state index in [1.807, 2.05) is 36.9 Å². The minimum atomic E-state index is 0.611. The highest BCUT2D eigenvalue weighted by atomic mass is 16.5. The second-order valence-corrected chi connectivity index (χ2v) is 6.33. The molecule has 0 radical (unpaired) electrons. The number of nitrogens with zero attached hydrogens (tertiary/aromatic N) is 1. The van der Waals surface area contributed by atoms with E-state index in [4.69, 9.17) is 10.5 Å². The van der Waals surface area contributed by atoms with Crippen molar-refractivity contribution in [1.29, 1.82) is 0 Å². The zero-order valence-electron chi connectivity index (χ0n) is 14.0. The van der Waals surface area contributed by atoms with Crippen LogP contribution in [0.4, 0.5) is 0 Å². The Kier molecular flexibility index (Phi) is 4.65. The van der Waals surface area contributed by atoms with Crippen molar-refractivity contribution >= 4 is 5.84 Å². The Bertz CT molecular complexity index is 716. The molecule has 0 fully saturated rings. The first-order valence-electron chi connectivity index (χ1n) is 8.28. The Morgan fingerprint density at radius 3 is 2.39 bits per heavy atom. The monoisotopic (exact) mass is 309 g/mol. The lowest BCUT2D eigenvalue weighted by Gasteiger charge is -2.22. The van der Waals surface area contributed by atoms with E-state index in [0.29, 0.717) is 6.61 Å². The average Bonchev–Trinajstić information content (AvgIpc) is 2.60. The van der Waals surface area contributed by atoms with E-state index in [-0.39, 0.29) is 0 Å². The van der Waals surface area contributed by atoms with Gasteiger partial charge in [-0.3, -0.25) is 10.3 Å². The molecule has 3 rings (SSSR count). The van der Waals surface area contributed by atoms with Crippen LogP contribution in [-0.2, 0) is 19.4 Å². The van der Waals surface area contributed by atoms with Crippen molar-refractivity contribution in [3.63, 3.8) is 0 Å². The van der Waals surface area contributed by atoms with Crippen LogP contribution in [-0.4, -0.2) is 24.5 Å². The Balaban J connectivity index is 1.91. The number of nitrogens with two attached hydrogens (primary N) is 1. The third kappa shape index (κ3) is 3.39. The van der Waals surface area contributed by atoms with Gasteiger partial charge in [0.1, 0.15) is 12.4 Å². The van der Waals surface area contributed by atoms with Crippen molar-refractivity contribution in [1.82, 2.24) is 0 Å². The summed E-state index contributed by atoms with van der Waals surface area (Å²) in [5.74, 6) is 1.84. The zero-order chi connectivity index (χ0) is 16.2. The third-order valence-electron chi connectivity index (χ3n) is 4.49. The molecule has 1 aliphatic rings. The highest BCUT2D eigenvalue weighted by molar-refractivity contribution is 5.95. The molecule has 23 heavy (non-hydrogen) atoms. The quantitative estimate of drug-likeness (QED) is 0.535. The highest BCUT2D eigenvalue weighted by Gasteiger charge is 2.21. The van der Waals surface area contributed by atoms with Crippen molar-refractivity contribution in [3.05, 3.63) is 64.7 Å². The molecule has 0 bridgehead atoms. The first kappa shape index (κ1) is 15.6. The van der Waals surface area contributed by atoms with Crippen LogP contribution in [0.3, 0.4) is 0 Å². The number of amidine groups is 1. The van der Waals surface area contributed by atoms with Gasteiger partial charge >= 0.3 is 0 Å². The molecule has 0 aromatic heterocycles. The molecule has 0 unspecified atom stereocenters. The van der Waals surface area contributed by atoms with Crippen molar-refractivity contribution in [2.75, 3.05) is 14.1 Å². The predicted molar refractivity (Wildman–Crippen MR) is 94.3 cm³/mol. The van der Waals surface area contributed by atoms with Crippen LogP contribution in [0.5, 0.6) is 5.75 Å². The molecule has 0 aliphatic heterocycles. The molecule has 2 N–H and O–H groups in total. The molecule has 0 saturated carbocycles. The van der Waals surface area contributed by atoms with Crippen molar-refractivity contribution in [2.24, 2.45) is 5.73 Å². The summed E-state index contributed by atoms with van der Waals surface area (Å²) in [6, 6.07) is 14.5. The Labute approximate surface area is 138 Å². The van der Waals surface area contributed by atoms with Crippen molar-refractivity contribution in [2.45, 2.75) is 32.3 Å². The van der Waals surface area contributed by atoms with Gasteiger partial charge in [0, 0.05) is 0 Å². The molecular weight excluding hydrogens is 284 g/mol. The van der Waals surface area contributed by atoms with E-state index in [2.05, 4.69) is 24.3 Å². The fraction of sp³-hybridized carbons (Fsp3) is 0.350. The maximum absolute atomic E-state index is 6.28. The van der Waals surface area contributed by atoms with Crippen LogP contribution in [0.25, 0.3) is 0 Å². The Morgan fingerprint density at radius 2 is 1.70 bits per heavy atom. The molecule has 0 amide bonds. The molecule has 3 heteroatoms. The summed E-state index contributed by atoms with van der Waals surface area (Å²) in [7, 11) is 3.98. The number of hydrogen-bond acceptors (Lipinski definition) is 1. The van der Waals surface area contributed by atoms with Crippen LogP contribution in [0.15, 0.2) is 42.5 Å². The lowest BCUT2D eigenvalue weighted by atomic mass is 9.87. The van der Waals surface area contributed by atoms with Crippen LogP contribution >= 0.6 is 0 Å². The van der Waals surface area contributed by atoms with Gasteiger partial charge in [0.25, 0.3) is 5.84 Å². The lowest BCUT2D eigenvalue weighted by Crippen LogP contribution is -2.26. The van der Waals surface area contributed by atoms with Crippen molar-refractivity contribution in [3.8, 4) is 5.75 Å². The van der Waals surface area contributed by atoms with Crippen LogP contribution < -0.4 is 10.5 Å². The van der Waals surface area contributed by atoms with Gasteiger partial charge in [0.05, 0.1) is 19.7 Å². The molecule has 0 atom stereocenters. The van der Waals surface area contributed by atoms with Gasteiger partial charge in [0.2, 0.25) is 0 Å². The third-order valence-corrected chi connectivity index (χ3v) is 4.49. The summed E-state index contributed by atoms with van der Waals surface area (Å²) in [6.07, 6.45) is 4.61. The van der Waals surface area contributed by atoms with E-state index in [0.717, 1.165) is 30.0 Å². The minimum absolute atomic E-state index is 0.611. The van der Waals surface area contributed by atoms with Crippen LogP contribution in [0.2, 0.25) is 0 Å². The highest BCUT2D eigenvalue weighted by Crippen LogP contribution is 2.32. The molecule has 0 saturated heterocycles. The molecule has 3 nitrogen and oxygen atoms in total. The standard InChI is InChI=1S/C20H24N2O/c1-22(2)20(21)18-12-13-19(17-11-7-6-10-16(17)18)23-14-15-8-4-3-5-9-15/h3-5,8-9,12-13,21H,6-7,10-11,14H2,1-2H3/p+1. The van der Waals surface area contributed by atoms with Crippen LogP contribution in [0.1, 0.15) is 35.1 Å². The SMILES string of the molecule is C[N+](C)=C(N)c1ccc(OCc2ccccc2)c2c1CCCC2. The van der Waals surface area contributed by atoms with E-state index < -0.39 is 0 Å². The van der Waals surface area contributed by atoms with E-state index >= 15 is 0 Å². The lowest BCUT2D eigenvalue weighted by molar-refractivity contribution is -0.464. The summed E-state index contributed by atoms with van der Waals surface area (Å²) in [4.78, 5) is 0. The van der Waals surface area contributed by atoms with Gasteiger partial charge in [-0.1, -0.05) is 30.3 Å². The zero-order valence-corrected chi connectivity index (χ0v) is 14.0. The number of hydrogen-bond donors (Lipinski definition) is 1. The molecule has 120 valence electrons. The van der Waals surface area contributed by atoms with Crippen LogP contribution in [0, 0.1) is 0 Å². The maximum atomic E-state index is 6.28. The molecule has 1 aliphatic carbocycles. The van der Waals surface area contributed by atoms with Gasteiger partial charge < -0.3 is 4.74 Å². The van der Waals surface area contributed by atoms with Gasteiger partial charge in [-0.15, -0.1) is 0 Å². The van der Waals surface area contributed by atoms with E-state index in [9.17, 15) is 0 Å². The molecule has 0 spiro atoms. The first-order chi connectivity index (χ1) is 11.2. The maximum Gasteiger partial charge on any atom is 0.274 e. The number of benzene rings is 2. The summed E-state index contributed by atoms with van der Waals surface area (Å²) < 4.78 is 8.10. The fourth-order valence-electron chi connectivity index (χ4n) is 3.19. The molecule has 0 heterocycles. The van der Waals surface area contributed by atoms with Gasteiger partial charge in [-0.05, 0) is 54.5 Å². The van der Waals surface area contributed by atoms with Crippen molar-refractivity contribution < 1.29 is 9.31 Å². The van der Waals surface area contributed by atoms with Gasteiger partial charge in [-0.25, -0.2) is 0 Å². The van der Waals surface area contributed by atoms with Gasteiger partial charge in [0.15, 0.2) is 0 Å². The van der Waals surface area contributed by atoms with E-state index in [1.54, 1.807) is 0 Å². The smallest absolute Gasteiger partial charge is 0.274 e. The molecular formula is C20H25N2O+. The molecule has 2 aromatic rings. The Hall–Kier alpha value is -2.29. The largest absolute Gasteiger partial charge is 0.489 e. The second kappa shape index (κ2) is 6.86. The van der Waals surface area contributed by atoms with E-state index in [1.165, 1.54) is 29.5 Å². The number of fused-ring (bicyclic) bond motifs is 1. The Morgan fingerprint density at radius 1 is 1.00 bits per heavy atom. The number of ether oxygens (including phenoxy) is 1. The summed E-state index contributed by atoms with van der Waals surface area (Å²) in [6.45, 7) is 0.611. The summed E-state index contributed by atoms with van der Waals surface area (Å²) >= 11 is 0. The summed E-state index contributed by atoms with van der Waals surface area (Å²) in [5.41, 5.74) is 11.3.